The fourth-order valence-corrected chi connectivity index (χ4v) is 1.18. The number of aromatic carboxylic acids is 1. The maximum Gasteiger partial charge on any atom is 0.335 e. The van der Waals surface area contributed by atoms with Gasteiger partial charge in [-0.1, -0.05) is 19.1 Å². The predicted octanol–water partition coefficient (Wildman–Crippen LogP) is 2.00. The molecule has 0 aliphatic heterocycles. The van der Waals surface area contributed by atoms with Crippen LogP contribution in [0, 0.1) is 0 Å². The Hall–Kier alpha value is -1.35. The summed E-state index contributed by atoms with van der Waals surface area (Å²) in [5.41, 5.74) is 0.0995. The van der Waals surface area contributed by atoms with Crippen LogP contribution < -0.4 is 0 Å². The van der Waals surface area contributed by atoms with Crippen molar-refractivity contribution in [2.75, 3.05) is 0 Å². The van der Waals surface area contributed by atoms with Gasteiger partial charge in [-0.25, -0.2) is 4.79 Å². The van der Waals surface area contributed by atoms with Crippen molar-refractivity contribution in [3.05, 3.63) is 35.4 Å². The van der Waals surface area contributed by atoms with Gasteiger partial charge in [-0.05, 0) is 31.0 Å². The highest BCUT2D eigenvalue weighted by Crippen LogP contribution is 2.23. The van der Waals surface area contributed by atoms with Crippen LogP contribution >= 0.6 is 0 Å². The van der Waals surface area contributed by atoms with Crippen LogP contribution in [-0.4, -0.2) is 16.2 Å². The molecule has 1 aromatic carbocycles. The van der Waals surface area contributed by atoms with Gasteiger partial charge in [-0.3, -0.25) is 0 Å². The summed E-state index contributed by atoms with van der Waals surface area (Å²) < 4.78 is 0. The quantitative estimate of drug-likeness (QED) is 0.773. The molecule has 0 spiro atoms. The number of hydrogen-bond donors (Lipinski definition) is 2. The number of carboxylic acid groups (broad SMARTS) is 1. The topological polar surface area (TPSA) is 57.5 Å². The van der Waals surface area contributed by atoms with Crippen LogP contribution in [0.5, 0.6) is 0 Å². The third-order valence-corrected chi connectivity index (χ3v) is 2.44. The van der Waals surface area contributed by atoms with Crippen LogP contribution in [0.2, 0.25) is 0 Å². The largest absolute Gasteiger partial charge is 0.478 e. The van der Waals surface area contributed by atoms with E-state index in [1.165, 1.54) is 12.1 Å². The summed E-state index contributed by atoms with van der Waals surface area (Å²) in [5, 5.41) is 18.5. The van der Waals surface area contributed by atoms with Crippen LogP contribution in [0.4, 0.5) is 0 Å². The fourth-order valence-electron chi connectivity index (χ4n) is 1.18. The summed E-state index contributed by atoms with van der Waals surface area (Å²) in [6.07, 6.45) is 0.597. The summed E-state index contributed by atoms with van der Waals surface area (Å²) in [6, 6.07) is 6.30. The second-order valence-electron chi connectivity index (χ2n) is 3.51. The van der Waals surface area contributed by atoms with Crippen molar-refractivity contribution >= 4 is 5.97 Å². The first-order valence-electron chi connectivity index (χ1n) is 4.53. The van der Waals surface area contributed by atoms with E-state index in [0.717, 1.165) is 5.56 Å². The molecule has 1 atom stereocenters. The molecule has 3 nitrogen and oxygen atoms in total. The molecule has 0 fully saturated rings. The summed E-state index contributed by atoms with van der Waals surface area (Å²) in [5.74, 6) is -0.951. The number of benzene rings is 1. The molecule has 14 heavy (non-hydrogen) atoms. The lowest BCUT2D eigenvalue weighted by Crippen LogP contribution is -2.19. The molecule has 0 heterocycles. The van der Waals surface area contributed by atoms with Crippen molar-refractivity contribution < 1.29 is 15.0 Å². The van der Waals surface area contributed by atoms with E-state index in [4.69, 9.17) is 5.11 Å². The third-order valence-electron chi connectivity index (χ3n) is 2.44. The van der Waals surface area contributed by atoms with Crippen LogP contribution in [0.3, 0.4) is 0 Å². The van der Waals surface area contributed by atoms with Crippen molar-refractivity contribution in [3.63, 3.8) is 0 Å². The summed E-state index contributed by atoms with van der Waals surface area (Å²) in [6.45, 7) is 3.59. The number of rotatable bonds is 3. The Bertz CT molecular complexity index is 325. The lowest BCUT2D eigenvalue weighted by atomic mass is 9.93. The van der Waals surface area contributed by atoms with Gasteiger partial charge in [0.1, 0.15) is 0 Å². The highest BCUT2D eigenvalue weighted by atomic mass is 16.4. The van der Waals surface area contributed by atoms with Gasteiger partial charge >= 0.3 is 5.97 Å². The highest BCUT2D eigenvalue weighted by molar-refractivity contribution is 5.87. The minimum atomic E-state index is -0.951. The Morgan fingerprint density at radius 1 is 1.36 bits per heavy atom. The minimum absolute atomic E-state index is 0.237. The first kappa shape index (κ1) is 10.7. The van der Waals surface area contributed by atoms with Gasteiger partial charge in [-0.15, -0.1) is 0 Å². The predicted molar refractivity (Wildman–Crippen MR) is 53.3 cm³/mol. The smallest absolute Gasteiger partial charge is 0.335 e. The van der Waals surface area contributed by atoms with Gasteiger partial charge in [-0.2, -0.15) is 0 Å². The van der Waals surface area contributed by atoms with Crippen molar-refractivity contribution in [2.24, 2.45) is 0 Å². The van der Waals surface area contributed by atoms with Gasteiger partial charge in [0.25, 0.3) is 0 Å². The lowest BCUT2D eigenvalue weighted by Gasteiger charge is -2.21. The molecule has 0 saturated carbocycles. The second-order valence-corrected chi connectivity index (χ2v) is 3.51. The Labute approximate surface area is 83.0 Å². The zero-order valence-corrected chi connectivity index (χ0v) is 8.32. The first-order valence-corrected chi connectivity index (χ1v) is 4.53. The molecule has 0 saturated heterocycles. The average molecular weight is 194 g/mol. The molecular weight excluding hydrogens is 180 g/mol. The molecule has 0 radical (unpaired) electrons. The number of aliphatic hydroxyl groups is 1. The molecule has 0 aromatic heterocycles. The Balaban J connectivity index is 2.99. The molecule has 76 valence electrons. The third kappa shape index (κ3) is 2.12. The molecule has 2 N–H and O–H groups in total. The van der Waals surface area contributed by atoms with E-state index < -0.39 is 11.6 Å². The van der Waals surface area contributed by atoms with Crippen molar-refractivity contribution in [1.29, 1.82) is 0 Å². The maximum absolute atomic E-state index is 10.6. The monoisotopic (exact) mass is 194 g/mol. The van der Waals surface area contributed by atoms with Crippen LogP contribution in [0.15, 0.2) is 24.3 Å². The van der Waals surface area contributed by atoms with E-state index >= 15 is 0 Å². The second kappa shape index (κ2) is 3.80. The molecule has 0 amide bonds. The molecule has 0 aliphatic carbocycles. The van der Waals surface area contributed by atoms with E-state index in [1.807, 2.05) is 6.92 Å². The van der Waals surface area contributed by atoms with Gasteiger partial charge in [0.2, 0.25) is 0 Å². The van der Waals surface area contributed by atoms with Gasteiger partial charge < -0.3 is 10.2 Å². The van der Waals surface area contributed by atoms with E-state index in [1.54, 1.807) is 19.1 Å². The molecule has 0 unspecified atom stereocenters. The molecule has 1 aromatic rings. The van der Waals surface area contributed by atoms with E-state index in [-0.39, 0.29) is 5.56 Å². The fraction of sp³-hybridized carbons (Fsp3) is 0.364. The van der Waals surface area contributed by atoms with Gasteiger partial charge in [0.15, 0.2) is 0 Å². The lowest BCUT2D eigenvalue weighted by molar-refractivity contribution is 0.0528. The van der Waals surface area contributed by atoms with Crippen LogP contribution in [0.25, 0.3) is 0 Å². The SMILES string of the molecule is CC[C@](C)(O)c1ccc(C(=O)O)cc1. The van der Waals surface area contributed by atoms with E-state index in [2.05, 4.69) is 0 Å². The van der Waals surface area contributed by atoms with Crippen molar-refractivity contribution in [2.45, 2.75) is 25.9 Å². The minimum Gasteiger partial charge on any atom is -0.478 e. The zero-order valence-electron chi connectivity index (χ0n) is 8.32. The van der Waals surface area contributed by atoms with Crippen LogP contribution in [0.1, 0.15) is 36.2 Å². The van der Waals surface area contributed by atoms with E-state index in [0.29, 0.717) is 6.42 Å². The maximum atomic E-state index is 10.6. The molecule has 3 heteroatoms. The molecule has 0 aliphatic rings. The normalized spacial score (nSPS) is 14.8. The Kier molecular flexibility index (Phi) is 2.91. The Morgan fingerprint density at radius 3 is 2.21 bits per heavy atom. The van der Waals surface area contributed by atoms with Crippen LogP contribution in [-0.2, 0) is 5.60 Å². The Morgan fingerprint density at radius 2 is 1.86 bits per heavy atom. The summed E-state index contributed by atoms with van der Waals surface area (Å²) in [7, 11) is 0. The summed E-state index contributed by atoms with van der Waals surface area (Å²) in [4.78, 5) is 10.6. The molecular formula is C11H14O3. The van der Waals surface area contributed by atoms with Crippen molar-refractivity contribution in [3.8, 4) is 0 Å². The highest BCUT2D eigenvalue weighted by Gasteiger charge is 2.20. The van der Waals surface area contributed by atoms with Gasteiger partial charge in [0.05, 0.1) is 11.2 Å². The first-order chi connectivity index (χ1) is 6.47. The molecule has 0 bridgehead atoms. The van der Waals surface area contributed by atoms with Gasteiger partial charge in [0, 0.05) is 0 Å². The molecule has 1 rings (SSSR count). The summed E-state index contributed by atoms with van der Waals surface area (Å²) >= 11 is 0. The standard InChI is InChI=1S/C11H14O3/c1-3-11(2,14)9-6-4-8(5-7-9)10(12)13/h4-7,14H,3H2,1-2H3,(H,12,13)/t11-/m0/s1. The zero-order chi connectivity index (χ0) is 10.8. The average Bonchev–Trinajstić information content (AvgIpc) is 2.18. The number of hydrogen-bond acceptors (Lipinski definition) is 2. The number of carbonyl (C=O) groups is 1. The van der Waals surface area contributed by atoms with E-state index in [9.17, 15) is 9.90 Å². The van der Waals surface area contributed by atoms with Crippen molar-refractivity contribution in [1.82, 2.24) is 0 Å². The number of carboxylic acids is 1.